The Balaban J connectivity index is 1.88. The van der Waals surface area contributed by atoms with E-state index in [2.05, 4.69) is 20.3 Å². The molecule has 1 fully saturated rings. The van der Waals surface area contributed by atoms with Crippen molar-refractivity contribution in [3.05, 3.63) is 40.2 Å². The molecule has 1 atom stereocenters. The fourth-order valence-electron chi connectivity index (χ4n) is 3.41. The summed E-state index contributed by atoms with van der Waals surface area (Å²) in [6.45, 7) is 5.02. The van der Waals surface area contributed by atoms with Gasteiger partial charge < -0.3 is 15.6 Å². The summed E-state index contributed by atoms with van der Waals surface area (Å²) < 4.78 is 28.1. The van der Waals surface area contributed by atoms with Crippen LogP contribution in [0.4, 0.5) is 0 Å². The lowest BCUT2D eigenvalue weighted by molar-refractivity contribution is -0.122. The maximum atomic E-state index is 12.9. The SMILES string of the molecule is CC(C)CCNC(=O)c1c[nH]c2ccc(S(=O)(=O)NC3CCCCNC3=O)cc2c1=O. The van der Waals surface area contributed by atoms with Crippen molar-refractivity contribution < 1.29 is 18.0 Å². The van der Waals surface area contributed by atoms with E-state index in [0.717, 1.165) is 19.3 Å². The van der Waals surface area contributed by atoms with Crippen LogP contribution in [0, 0.1) is 5.92 Å². The highest BCUT2D eigenvalue weighted by atomic mass is 32.2. The number of rotatable bonds is 7. The van der Waals surface area contributed by atoms with Crippen molar-refractivity contribution in [3.8, 4) is 0 Å². The quantitative estimate of drug-likeness (QED) is 0.505. The van der Waals surface area contributed by atoms with Gasteiger partial charge in [-0.3, -0.25) is 14.4 Å². The van der Waals surface area contributed by atoms with E-state index in [9.17, 15) is 22.8 Å². The van der Waals surface area contributed by atoms with Crippen LogP contribution in [0.3, 0.4) is 0 Å². The van der Waals surface area contributed by atoms with Gasteiger partial charge in [-0.1, -0.05) is 13.8 Å². The van der Waals surface area contributed by atoms with Crippen LogP contribution in [0.1, 0.15) is 49.9 Å². The second-order valence-corrected chi connectivity index (χ2v) is 9.85. The van der Waals surface area contributed by atoms with Gasteiger partial charge in [-0.2, -0.15) is 4.72 Å². The van der Waals surface area contributed by atoms with Crippen molar-refractivity contribution in [2.45, 2.75) is 50.5 Å². The minimum atomic E-state index is -4.04. The average molecular weight is 449 g/mol. The van der Waals surface area contributed by atoms with E-state index >= 15 is 0 Å². The first-order valence-electron chi connectivity index (χ1n) is 10.4. The molecular formula is C21H28N4O5S. The fourth-order valence-corrected chi connectivity index (χ4v) is 4.67. The minimum Gasteiger partial charge on any atom is -0.360 e. The molecule has 2 heterocycles. The van der Waals surface area contributed by atoms with Gasteiger partial charge in [0.1, 0.15) is 11.6 Å². The van der Waals surface area contributed by atoms with Gasteiger partial charge in [0.2, 0.25) is 21.4 Å². The molecule has 0 spiro atoms. The molecule has 0 saturated carbocycles. The highest BCUT2D eigenvalue weighted by Gasteiger charge is 2.27. The Morgan fingerprint density at radius 3 is 2.74 bits per heavy atom. The van der Waals surface area contributed by atoms with Gasteiger partial charge in [0.05, 0.1) is 4.90 Å². The van der Waals surface area contributed by atoms with Gasteiger partial charge in [-0.05, 0) is 49.8 Å². The Kier molecular flexibility index (Phi) is 7.11. The molecule has 0 aliphatic carbocycles. The summed E-state index contributed by atoms with van der Waals surface area (Å²) in [4.78, 5) is 40.1. The highest BCUT2D eigenvalue weighted by molar-refractivity contribution is 7.89. The molecule has 2 aromatic rings. The van der Waals surface area contributed by atoms with Gasteiger partial charge in [0.25, 0.3) is 5.91 Å². The molecule has 1 aromatic carbocycles. The van der Waals surface area contributed by atoms with Crippen LogP contribution < -0.4 is 20.8 Å². The lowest BCUT2D eigenvalue weighted by atomic mass is 10.1. The smallest absolute Gasteiger partial charge is 0.256 e. The van der Waals surface area contributed by atoms with E-state index in [-0.39, 0.29) is 21.8 Å². The van der Waals surface area contributed by atoms with E-state index in [1.807, 2.05) is 13.8 Å². The maximum absolute atomic E-state index is 12.9. The molecule has 10 heteroatoms. The highest BCUT2D eigenvalue weighted by Crippen LogP contribution is 2.17. The lowest BCUT2D eigenvalue weighted by Crippen LogP contribution is -2.45. The zero-order valence-corrected chi connectivity index (χ0v) is 18.5. The largest absolute Gasteiger partial charge is 0.360 e. The van der Waals surface area contributed by atoms with Crippen molar-refractivity contribution in [2.24, 2.45) is 5.92 Å². The predicted octanol–water partition coefficient (Wildman–Crippen LogP) is 1.25. The number of carbonyl (C=O) groups is 2. The summed E-state index contributed by atoms with van der Waals surface area (Å²) in [5.41, 5.74) is -0.225. The van der Waals surface area contributed by atoms with E-state index < -0.39 is 27.4 Å². The summed E-state index contributed by atoms with van der Waals surface area (Å²) in [5.74, 6) is -0.462. The average Bonchev–Trinajstić information content (AvgIpc) is 2.91. The summed E-state index contributed by atoms with van der Waals surface area (Å²) in [6, 6.07) is 3.20. The molecule has 0 bridgehead atoms. The third kappa shape index (κ3) is 5.50. The first-order valence-corrected chi connectivity index (χ1v) is 11.9. The van der Waals surface area contributed by atoms with Gasteiger partial charge in [0.15, 0.2) is 0 Å². The number of nitrogens with one attached hydrogen (secondary N) is 4. The molecule has 1 aliphatic rings. The minimum absolute atomic E-state index is 0.0816. The number of carbonyl (C=O) groups excluding carboxylic acids is 2. The number of pyridine rings is 1. The van der Waals surface area contributed by atoms with Crippen LogP contribution in [0.15, 0.2) is 34.1 Å². The monoisotopic (exact) mass is 448 g/mol. The van der Waals surface area contributed by atoms with Crippen molar-refractivity contribution in [2.75, 3.05) is 13.1 Å². The summed E-state index contributed by atoms with van der Waals surface area (Å²) >= 11 is 0. The predicted molar refractivity (Wildman–Crippen MR) is 117 cm³/mol. The van der Waals surface area contributed by atoms with Gasteiger partial charge >= 0.3 is 0 Å². The lowest BCUT2D eigenvalue weighted by Gasteiger charge is -2.15. The van der Waals surface area contributed by atoms with Crippen LogP contribution in [0.5, 0.6) is 0 Å². The van der Waals surface area contributed by atoms with E-state index in [1.54, 1.807) is 0 Å². The standard InChI is InChI=1S/C21H28N4O5S/c1-13(2)8-10-23-20(27)16-12-24-17-7-6-14(11-15(17)19(16)26)31(29,30)25-18-5-3-4-9-22-21(18)28/h6-7,11-13,18,25H,3-5,8-10H2,1-2H3,(H,22,28)(H,23,27)(H,24,26). The molecule has 1 saturated heterocycles. The third-order valence-electron chi connectivity index (χ3n) is 5.25. The van der Waals surface area contributed by atoms with Gasteiger partial charge in [-0.15, -0.1) is 0 Å². The Morgan fingerprint density at radius 1 is 1.23 bits per heavy atom. The summed E-state index contributed by atoms with van der Waals surface area (Å²) in [5, 5.41) is 5.48. The zero-order chi connectivity index (χ0) is 22.6. The number of hydrogen-bond donors (Lipinski definition) is 4. The number of aromatic nitrogens is 1. The third-order valence-corrected chi connectivity index (χ3v) is 6.72. The van der Waals surface area contributed by atoms with E-state index in [1.165, 1.54) is 24.4 Å². The topological polar surface area (TPSA) is 137 Å². The first kappa shape index (κ1) is 23.0. The summed E-state index contributed by atoms with van der Waals surface area (Å²) in [6.07, 6.45) is 4.02. The normalized spacial score (nSPS) is 17.4. The van der Waals surface area contributed by atoms with Crippen molar-refractivity contribution in [3.63, 3.8) is 0 Å². The maximum Gasteiger partial charge on any atom is 0.256 e. The second-order valence-electron chi connectivity index (χ2n) is 8.14. The Bertz CT molecular complexity index is 1140. The van der Waals surface area contributed by atoms with Crippen molar-refractivity contribution in [1.29, 1.82) is 0 Å². The van der Waals surface area contributed by atoms with Crippen LogP contribution in [0.25, 0.3) is 10.9 Å². The number of H-pyrrole nitrogens is 1. The Morgan fingerprint density at radius 2 is 2.00 bits per heavy atom. The number of aromatic amines is 1. The molecule has 1 unspecified atom stereocenters. The van der Waals surface area contributed by atoms with Crippen LogP contribution in [0.2, 0.25) is 0 Å². The second kappa shape index (κ2) is 9.61. The van der Waals surface area contributed by atoms with Crippen molar-refractivity contribution in [1.82, 2.24) is 20.3 Å². The molecule has 31 heavy (non-hydrogen) atoms. The van der Waals surface area contributed by atoms with Gasteiger partial charge in [-0.25, -0.2) is 8.42 Å². The molecule has 1 aromatic heterocycles. The van der Waals surface area contributed by atoms with E-state index in [4.69, 9.17) is 0 Å². The molecular weight excluding hydrogens is 420 g/mol. The number of benzene rings is 1. The van der Waals surface area contributed by atoms with Crippen molar-refractivity contribution >= 4 is 32.7 Å². The van der Waals surface area contributed by atoms with Crippen LogP contribution >= 0.6 is 0 Å². The molecule has 2 amide bonds. The van der Waals surface area contributed by atoms with Crippen LogP contribution in [-0.2, 0) is 14.8 Å². The van der Waals surface area contributed by atoms with Gasteiger partial charge in [0, 0.05) is 30.2 Å². The number of hydrogen-bond acceptors (Lipinski definition) is 5. The Labute approximate surface area is 181 Å². The summed E-state index contributed by atoms with van der Waals surface area (Å²) in [7, 11) is -4.04. The molecule has 1 aliphatic heterocycles. The molecule has 9 nitrogen and oxygen atoms in total. The van der Waals surface area contributed by atoms with E-state index in [0.29, 0.717) is 30.9 Å². The number of sulfonamides is 1. The van der Waals surface area contributed by atoms with Crippen LogP contribution in [-0.4, -0.2) is 44.3 Å². The molecule has 168 valence electrons. The fraction of sp³-hybridized carbons (Fsp3) is 0.476. The molecule has 4 N–H and O–H groups in total. The number of fused-ring (bicyclic) bond motifs is 1. The molecule has 0 radical (unpaired) electrons. The Hall–Kier alpha value is -2.72. The first-order chi connectivity index (χ1) is 14.7. The molecule has 3 rings (SSSR count). The zero-order valence-electron chi connectivity index (χ0n) is 17.7. The number of amides is 2.